The standard InChI is InChI=1S/C22H25FN4O4/c1-22(2,3)31-21(28)25-13-15-12-24-18(14-5-7-16(23)8-6-14)11-17(15)20-27-26-19(30-20)9-10-29-4/h5-8,11-12H,9-10,13H2,1-4H3,(H,25,28). The number of nitrogens with zero attached hydrogens (tertiary/aromatic N) is 3. The van der Waals surface area contributed by atoms with Crippen LogP contribution in [0, 0.1) is 5.82 Å². The SMILES string of the molecule is COCCc1nnc(-c2cc(-c3ccc(F)cc3)ncc2CNC(=O)OC(C)(C)C)o1. The van der Waals surface area contributed by atoms with Gasteiger partial charge in [-0.2, -0.15) is 0 Å². The number of nitrogens with one attached hydrogen (secondary N) is 1. The van der Waals surface area contributed by atoms with Crippen molar-refractivity contribution in [3.63, 3.8) is 0 Å². The minimum atomic E-state index is -0.611. The molecule has 2 aromatic heterocycles. The average Bonchev–Trinajstić information content (AvgIpc) is 3.19. The van der Waals surface area contributed by atoms with E-state index in [1.54, 1.807) is 52.3 Å². The van der Waals surface area contributed by atoms with Crippen molar-refractivity contribution in [2.45, 2.75) is 39.3 Å². The number of aromatic nitrogens is 3. The molecule has 8 nitrogen and oxygen atoms in total. The summed E-state index contributed by atoms with van der Waals surface area (Å²) in [6.45, 7) is 5.97. The normalized spacial score (nSPS) is 11.4. The lowest BCUT2D eigenvalue weighted by atomic mass is 10.0. The Balaban J connectivity index is 1.90. The van der Waals surface area contributed by atoms with Crippen LogP contribution in [0.3, 0.4) is 0 Å². The maximum Gasteiger partial charge on any atom is 0.407 e. The zero-order valence-electron chi connectivity index (χ0n) is 17.9. The van der Waals surface area contributed by atoms with Crippen molar-refractivity contribution in [2.24, 2.45) is 0 Å². The molecule has 164 valence electrons. The maximum absolute atomic E-state index is 13.3. The number of benzene rings is 1. The molecule has 0 aliphatic rings. The van der Waals surface area contributed by atoms with Gasteiger partial charge in [-0.25, -0.2) is 9.18 Å². The molecule has 0 aliphatic heterocycles. The molecule has 0 saturated carbocycles. The molecular weight excluding hydrogens is 403 g/mol. The first-order chi connectivity index (χ1) is 14.7. The molecule has 0 fully saturated rings. The van der Waals surface area contributed by atoms with Crippen LogP contribution in [-0.4, -0.2) is 40.6 Å². The van der Waals surface area contributed by atoms with Crippen molar-refractivity contribution in [3.8, 4) is 22.7 Å². The van der Waals surface area contributed by atoms with E-state index in [-0.39, 0.29) is 18.3 Å². The topological polar surface area (TPSA) is 99.4 Å². The Morgan fingerprint density at radius 1 is 1.19 bits per heavy atom. The molecule has 1 amide bonds. The van der Waals surface area contributed by atoms with Gasteiger partial charge < -0.3 is 19.2 Å². The van der Waals surface area contributed by atoms with E-state index in [1.807, 2.05) is 0 Å². The number of carbonyl (C=O) groups excluding carboxylic acids is 1. The van der Waals surface area contributed by atoms with Crippen LogP contribution in [0.15, 0.2) is 40.9 Å². The summed E-state index contributed by atoms with van der Waals surface area (Å²) in [7, 11) is 1.59. The second-order valence-electron chi connectivity index (χ2n) is 7.83. The van der Waals surface area contributed by atoms with Gasteiger partial charge in [0.05, 0.1) is 12.3 Å². The highest BCUT2D eigenvalue weighted by Crippen LogP contribution is 2.28. The molecule has 0 saturated heterocycles. The third kappa shape index (κ3) is 6.32. The lowest BCUT2D eigenvalue weighted by molar-refractivity contribution is 0.0523. The summed E-state index contributed by atoms with van der Waals surface area (Å²) in [4.78, 5) is 16.5. The van der Waals surface area contributed by atoms with Gasteiger partial charge in [0.1, 0.15) is 11.4 Å². The second kappa shape index (κ2) is 9.65. The summed E-state index contributed by atoms with van der Waals surface area (Å²) in [5, 5.41) is 10.9. The number of hydrogen-bond acceptors (Lipinski definition) is 7. The van der Waals surface area contributed by atoms with Crippen LogP contribution in [0.4, 0.5) is 9.18 Å². The second-order valence-corrected chi connectivity index (χ2v) is 7.83. The number of hydrogen-bond donors (Lipinski definition) is 1. The molecule has 3 aromatic rings. The molecule has 3 rings (SSSR count). The van der Waals surface area contributed by atoms with Gasteiger partial charge >= 0.3 is 6.09 Å². The van der Waals surface area contributed by atoms with Crippen LogP contribution >= 0.6 is 0 Å². The Morgan fingerprint density at radius 3 is 2.61 bits per heavy atom. The highest BCUT2D eigenvalue weighted by Gasteiger charge is 2.19. The van der Waals surface area contributed by atoms with Gasteiger partial charge in [0, 0.05) is 43.0 Å². The summed E-state index contributed by atoms with van der Waals surface area (Å²) < 4.78 is 29.4. The van der Waals surface area contributed by atoms with Crippen LogP contribution in [0.2, 0.25) is 0 Å². The lowest BCUT2D eigenvalue weighted by Crippen LogP contribution is -2.32. The summed E-state index contributed by atoms with van der Waals surface area (Å²) in [5.74, 6) is 0.391. The maximum atomic E-state index is 13.3. The molecule has 0 aliphatic carbocycles. The third-order valence-electron chi connectivity index (χ3n) is 4.17. The van der Waals surface area contributed by atoms with Crippen LogP contribution < -0.4 is 5.32 Å². The van der Waals surface area contributed by atoms with Crippen LogP contribution in [-0.2, 0) is 22.4 Å². The Hall–Kier alpha value is -3.33. The van der Waals surface area contributed by atoms with Crippen molar-refractivity contribution in [1.29, 1.82) is 0 Å². The van der Waals surface area contributed by atoms with Gasteiger partial charge in [0.25, 0.3) is 0 Å². The largest absolute Gasteiger partial charge is 0.444 e. The van der Waals surface area contributed by atoms with E-state index in [9.17, 15) is 9.18 Å². The first-order valence-electron chi connectivity index (χ1n) is 9.78. The predicted octanol–water partition coefficient (Wildman–Crippen LogP) is 4.15. The fourth-order valence-electron chi connectivity index (χ4n) is 2.74. The molecule has 2 heterocycles. The number of methoxy groups -OCH3 is 1. The number of pyridine rings is 1. The molecule has 31 heavy (non-hydrogen) atoms. The number of alkyl carbamates (subject to hydrolysis) is 1. The first-order valence-corrected chi connectivity index (χ1v) is 9.78. The van der Waals surface area contributed by atoms with Crippen molar-refractivity contribution in [2.75, 3.05) is 13.7 Å². The van der Waals surface area contributed by atoms with E-state index < -0.39 is 11.7 Å². The highest BCUT2D eigenvalue weighted by atomic mass is 19.1. The number of amides is 1. The van der Waals surface area contributed by atoms with E-state index >= 15 is 0 Å². The molecule has 1 aromatic carbocycles. The minimum Gasteiger partial charge on any atom is -0.444 e. The quantitative estimate of drug-likeness (QED) is 0.603. The van der Waals surface area contributed by atoms with Gasteiger partial charge in [0.2, 0.25) is 11.8 Å². The van der Waals surface area contributed by atoms with Crippen molar-refractivity contribution >= 4 is 6.09 Å². The van der Waals surface area contributed by atoms with E-state index in [2.05, 4.69) is 20.5 Å². The number of halogens is 1. The molecule has 1 N–H and O–H groups in total. The van der Waals surface area contributed by atoms with E-state index in [4.69, 9.17) is 13.9 Å². The minimum absolute atomic E-state index is 0.150. The van der Waals surface area contributed by atoms with Crippen molar-refractivity contribution < 1.29 is 23.1 Å². The van der Waals surface area contributed by atoms with Gasteiger partial charge in [-0.05, 0) is 51.1 Å². The molecule has 0 atom stereocenters. The van der Waals surface area contributed by atoms with Crippen LogP contribution in [0.5, 0.6) is 0 Å². The molecule has 0 radical (unpaired) electrons. The molecule has 0 bridgehead atoms. The number of rotatable bonds is 7. The van der Waals surface area contributed by atoms with E-state index in [1.165, 1.54) is 12.1 Å². The first kappa shape index (κ1) is 22.4. The van der Waals surface area contributed by atoms with Crippen molar-refractivity contribution in [1.82, 2.24) is 20.5 Å². The highest BCUT2D eigenvalue weighted by molar-refractivity contribution is 5.71. The summed E-state index contributed by atoms with van der Waals surface area (Å²) in [6.07, 6.45) is 1.54. The molecule has 0 spiro atoms. The monoisotopic (exact) mass is 428 g/mol. The Bertz CT molecular complexity index is 1030. The zero-order chi connectivity index (χ0) is 22.4. The zero-order valence-corrected chi connectivity index (χ0v) is 17.9. The van der Waals surface area contributed by atoms with Crippen LogP contribution in [0.25, 0.3) is 22.7 Å². The Kier molecular flexibility index (Phi) is 6.96. The Morgan fingerprint density at radius 2 is 1.94 bits per heavy atom. The average molecular weight is 428 g/mol. The molecule has 0 unspecified atom stereocenters. The number of ether oxygens (including phenoxy) is 2. The Labute approximate surface area is 179 Å². The fraction of sp³-hybridized carbons (Fsp3) is 0.364. The summed E-state index contributed by atoms with van der Waals surface area (Å²) >= 11 is 0. The van der Waals surface area contributed by atoms with Crippen LogP contribution in [0.1, 0.15) is 32.2 Å². The number of carbonyl (C=O) groups is 1. The molecule has 9 heteroatoms. The third-order valence-corrected chi connectivity index (χ3v) is 4.17. The van der Waals surface area contributed by atoms with Gasteiger partial charge in [0.15, 0.2) is 0 Å². The molecular formula is C22H25FN4O4. The summed E-state index contributed by atoms with van der Waals surface area (Å²) in [5.41, 5.74) is 2.00. The lowest BCUT2D eigenvalue weighted by Gasteiger charge is -2.20. The smallest absolute Gasteiger partial charge is 0.407 e. The van der Waals surface area contributed by atoms with Gasteiger partial charge in [-0.15, -0.1) is 10.2 Å². The van der Waals surface area contributed by atoms with Crippen molar-refractivity contribution in [3.05, 3.63) is 53.8 Å². The van der Waals surface area contributed by atoms with Gasteiger partial charge in [-0.3, -0.25) is 4.98 Å². The fourth-order valence-corrected chi connectivity index (χ4v) is 2.74. The van der Waals surface area contributed by atoms with E-state index in [0.717, 1.165) is 5.56 Å². The predicted molar refractivity (Wildman–Crippen MR) is 112 cm³/mol. The van der Waals surface area contributed by atoms with Gasteiger partial charge in [-0.1, -0.05) is 0 Å². The summed E-state index contributed by atoms with van der Waals surface area (Å²) in [6, 6.07) is 7.77. The van der Waals surface area contributed by atoms with E-state index in [0.29, 0.717) is 35.7 Å².